The molecule has 1 radical (unpaired) electrons. The van der Waals surface area contributed by atoms with Gasteiger partial charge < -0.3 is 9.64 Å². The number of anilines is 1. The Balaban J connectivity index is 1.60. The Bertz CT molecular complexity index is 1000. The third kappa shape index (κ3) is 4.31. The molecule has 1 saturated heterocycles. The van der Waals surface area contributed by atoms with Crippen molar-refractivity contribution in [3.05, 3.63) is 42.4 Å². The lowest BCUT2D eigenvalue weighted by molar-refractivity contribution is 0.415. The maximum atomic E-state index is 5.37. The predicted octanol–water partition coefficient (Wildman–Crippen LogP) is 6.11. The zero-order chi connectivity index (χ0) is 21.0. The Morgan fingerprint density at radius 3 is 2.45 bits per heavy atom. The van der Waals surface area contributed by atoms with E-state index < -0.39 is 0 Å². The zero-order valence-electron chi connectivity index (χ0n) is 18.1. The SMILES string of the molecule is COc1ccc(-c2nc(N3CCCCC3)sc2-c2n[c]ncc2C2CCCCC2)cc1. The minimum absolute atomic E-state index is 0.530. The highest BCUT2D eigenvalue weighted by Gasteiger charge is 2.26. The van der Waals surface area contributed by atoms with E-state index in [0.29, 0.717) is 5.92 Å². The van der Waals surface area contributed by atoms with E-state index in [0.717, 1.165) is 45.8 Å². The smallest absolute Gasteiger partial charge is 0.198 e. The van der Waals surface area contributed by atoms with E-state index in [1.165, 1.54) is 56.9 Å². The fourth-order valence-corrected chi connectivity index (χ4v) is 5.98. The molecule has 2 aliphatic rings. The van der Waals surface area contributed by atoms with E-state index in [1.54, 1.807) is 18.4 Å². The van der Waals surface area contributed by atoms with Crippen LogP contribution < -0.4 is 9.64 Å². The Kier molecular flexibility index (Phi) is 6.16. The molecule has 5 nitrogen and oxygen atoms in total. The first-order valence-corrected chi connectivity index (χ1v) is 12.3. The lowest BCUT2D eigenvalue weighted by Crippen LogP contribution is -2.29. The van der Waals surface area contributed by atoms with E-state index in [4.69, 9.17) is 14.7 Å². The number of thiazole rings is 1. The van der Waals surface area contributed by atoms with Crippen LogP contribution in [-0.2, 0) is 0 Å². The number of hydrogen-bond acceptors (Lipinski definition) is 6. The molecular formula is C25H29N4OS. The molecule has 2 aromatic heterocycles. The highest BCUT2D eigenvalue weighted by molar-refractivity contribution is 7.19. The maximum absolute atomic E-state index is 5.37. The van der Waals surface area contributed by atoms with Crippen LogP contribution in [0, 0.1) is 6.33 Å². The van der Waals surface area contributed by atoms with Crippen molar-refractivity contribution in [2.24, 2.45) is 0 Å². The molecule has 0 unspecified atom stereocenters. The summed E-state index contributed by atoms with van der Waals surface area (Å²) in [6.45, 7) is 2.17. The molecule has 0 atom stereocenters. The quantitative estimate of drug-likeness (QED) is 0.486. The molecule has 1 aromatic carbocycles. The molecule has 1 aliphatic heterocycles. The molecule has 31 heavy (non-hydrogen) atoms. The van der Waals surface area contributed by atoms with Crippen LogP contribution in [-0.4, -0.2) is 35.2 Å². The third-order valence-corrected chi connectivity index (χ3v) is 7.69. The van der Waals surface area contributed by atoms with Crippen LogP contribution in [0.4, 0.5) is 5.13 Å². The van der Waals surface area contributed by atoms with Gasteiger partial charge in [-0.05, 0) is 62.3 Å². The molecule has 1 aliphatic carbocycles. The molecule has 0 amide bonds. The van der Waals surface area contributed by atoms with Crippen LogP contribution in [0.15, 0.2) is 30.5 Å². The number of piperidine rings is 1. The van der Waals surface area contributed by atoms with Gasteiger partial charge in [-0.2, -0.15) is 0 Å². The monoisotopic (exact) mass is 433 g/mol. The summed E-state index contributed by atoms with van der Waals surface area (Å²) in [6, 6.07) is 8.21. The average molecular weight is 434 g/mol. The van der Waals surface area contributed by atoms with Gasteiger partial charge in [0.1, 0.15) is 5.75 Å². The van der Waals surface area contributed by atoms with Crippen molar-refractivity contribution in [1.29, 1.82) is 0 Å². The van der Waals surface area contributed by atoms with E-state index in [2.05, 4.69) is 28.3 Å². The molecule has 6 heteroatoms. The molecule has 1 saturated carbocycles. The first-order chi connectivity index (χ1) is 15.3. The van der Waals surface area contributed by atoms with Gasteiger partial charge in [0.25, 0.3) is 0 Å². The minimum atomic E-state index is 0.530. The summed E-state index contributed by atoms with van der Waals surface area (Å²) in [7, 11) is 1.70. The fraction of sp³-hybridized carbons (Fsp3) is 0.480. The number of aromatic nitrogens is 3. The second-order valence-electron chi connectivity index (χ2n) is 8.56. The molecule has 161 valence electrons. The predicted molar refractivity (Wildman–Crippen MR) is 126 cm³/mol. The first-order valence-electron chi connectivity index (χ1n) is 11.5. The van der Waals surface area contributed by atoms with E-state index in [9.17, 15) is 0 Å². The van der Waals surface area contributed by atoms with Crippen molar-refractivity contribution < 1.29 is 4.74 Å². The van der Waals surface area contributed by atoms with Crippen LogP contribution in [0.2, 0.25) is 0 Å². The molecule has 0 N–H and O–H groups in total. The third-order valence-electron chi connectivity index (χ3n) is 6.56. The van der Waals surface area contributed by atoms with Crippen LogP contribution in [0.3, 0.4) is 0 Å². The van der Waals surface area contributed by atoms with E-state index >= 15 is 0 Å². The molecular weight excluding hydrogens is 404 g/mol. The van der Waals surface area contributed by atoms with Crippen molar-refractivity contribution in [3.8, 4) is 27.6 Å². The van der Waals surface area contributed by atoms with Gasteiger partial charge in [-0.1, -0.05) is 30.6 Å². The van der Waals surface area contributed by atoms with Gasteiger partial charge >= 0.3 is 0 Å². The summed E-state index contributed by atoms with van der Waals surface area (Å²) in [5, 5.41) is 1.11. The van der Waals surface area contributed by atoms with Gasteiger partial charge in [0.05, 0.1) is 23.4 Å². The molecule has 0 bridgehead atoms. The van der Waals surface area contributed by atoms with Crippen LogP contribution >= 0.6 is 11.3 Å². The fourth-order valence-electron chi connectivity index (χ4n) is 4.83. The summed E-state index contributed by atoms with van der Waals surface area (Å²) in [6.07, 6.45) is 15.0. The second-order valence-corrected chi connectivity index (χ2v) is 9.54. The summed E-state index contributed by atoms with van der Waals surface area (Å²) in [4.78, 5) is 17.7. The number of rotatable bonds is 5. The maximum Gasteiger partial charge on any atom is 0.198 e. The largest absolute Gasteiger partial charge is 0.497 e. The molecule has 5 rings (SSSR count). The van der Waals surface area contributed by atoms with Crippen molar-refractivity contribution in [1.82, 2.24) is 15.0 Å². The van der Waals surface area contributed by atoms with Crippen LogP contribution in [0.5, 0.6) is 5.75 Å². The lowest BCUT2D eigenvalue weighted by atomic mass is 9.83. The molecule has 3 aromatic rings. The standard InChI is InChI=1S/C25H29N4OS/c1-30-20-12-10-19(11-13-20)22-24(31-25(28-22)29-14-6-3-7-15-29)23-21(16-26-17-27-23)18-8-4-2-5-9-18/h10-13,16,18H,2-9,14-15H2,1H3. The normalized spacial score (nSPS) is 17.6. The number of nitrogens with zero attached hydrogens (tertiary/aromatic N) is 4. The second kappa shape index (κ2) is 9.35. The van der Waals surface area contributed by atoms with Gasteiger partial charge in [-0.25, -0.2) is 15.0 Å². The Hall–Kier alpha value is -2.47. The Morgan fingerprint density at radius 1 is 0.968 bits per heavy atom. The minimum Gasteiger partial charge on any atom is -0.497 e. The van der Waals surface area contributed by atoms with Crippen molar-refractivity contribution >= 4 is 16.5 Å². The topological polar surface area (TPSA) is 51.1 Å². The Morgan fingerprint density at radius 2 is 1.71 bits per heavy atom. The molecule has 3 heterocycles. The van der Waals surface area contributed by atoms with Gasteiger partial charge in [0.2, 0.25) is 0 Å². The zero-order valence-corrected chi connectivity index (χ0v) is 19.0. The van der Waals surface area contributed by atoms with Gasteiger partial charge in [0, 0.05) is 30.4 Å². The number of methoxy groups -OCH3 is 1. The van der Waals surface area contributed by atoms with Crippen LogP contribution in [0.1, 0.15) is 62.8 Å². The summed E-state index contributed by atoms with van der Waals surface area (Å²) in [5.41, 5.74) is 4.40. The van der Waals surface area contributed by atoms with E-state index in [1.807, 2.05) is 18.3 Å². The Labute approximate surface area is 188 Å². The number of hydrogen-bond donors (Lipinski definition) is 0. The van der Waals surface area contributed by atoms with Gasteiger partial charge in [-0.15, -0.1) is 0 Å². The van der Waals surface area contributed by atoms with E-state index in [-0.39, 0.29) is 0 Å². The first kappa shape index (κ1) is 20.4. The highest BCUT2D eigenvalue weighted by atomic mass is 32.1. The van der Waals surface area contributed by atoms with Gasteiger partial charge in [-0.3, -0.25) is 0 Å². The highest BCUT2D eigenvalue weighted by Crippen LogP contribution is 2.44. The summed E-state index contributed by atoms with van der Waals surface area (Å²) >= 11 is 1.78. The van der Waals surface area contributed by atoms with Crippen molar-refractivity contribution in [2.45, 2.75) is 57.3 Å². The average Bonchev–Trinajstić information content (AvgIpc) is 3.31. The lowest BCUT2D eigenvalue weighted by Gasteiger charge is -2.25. The van der Waals surface area contributed by atoms with Crippen molar-refractivity contribution in [2.75, 3.05) is 25.1 Å². The van der Waals surface area contributed by atoms with Crippen LogP contribution in [0.25, 0.3) is 21.8 Å². The number of ether oxygens (including phenoxy) is 1. The molecule has 0 spiro atoms. The summed E-state index contributed by atoms with van der Waals surface area (Å²) < 4.78 is 5.37. The van der Waals surface area contributed by atoms with Crippen molar-refractivity contribution in [3.63, 3.8) is 0 Å². The summed E-state index contributed by atoms with van der Waals surface area (Å²) in [5.74, 6) is 1.39. The molecule has 2 fully saturated rings. The van der Waals surface area contributed by atoms with Gasteiger partial charge in [0.15, 0.2) is 11.5 Å². The number of benzene rings is 1.